The zero-order valence-electron chi connectivity index (χ0n) is 16.8. The van der Waals surface area contributed by atoms with Gasteiger partial charge < -0.3 is 14.7 Å². The van der Waals surface area contributed by atoms with Crippen molar-refractivity contribution in [2.24, 2.45) is 5.92 Å². The van der Waals surface area contributed by atoms with Crippen LogP contribution in [0.15, 0.2) is 24.3 Å². The minimum atomic E-state index is -0.700. The highest BCUT2D eigenvalue weighted by Gasteiger charge is 2.39. The van der Waals surface area contributed by atoms with Crippen molar-refractivity contribution in [2.45, 2.75) is 83.3 Å². The zero-order chi connectivity index (χ0) is 18.4. The molecule has 1 N–H and O–H groups in total. The third-order valence-corrected chi connectivity index (χ3v) is 6.26. The van der Waals surface area contributed by atoms with Crippen molar-refractivity contribution >= 4 is 0 Å². The second kappa shape index (κ2) is 9.23. The molecular weight excluding hydrogens is 322 g/mol. The van der Waals surface area contributed by atoms with Crippen molar-refractivity contribution in [2.75, 3.05) is 19.6 Å². The van der Waals surface area contributed by atoms with Gasteiger partial charge in [-0.2, -0.15) is 0 Å². The zero-order valence-corrected chi connectivity index (χ0v) is 16.8. The number of rotatable bonds is 7. The van der Waals surface area contributed by atoms with Crippen LogP contribution < -0.4 is 4.74 Å². The van der Waals surface area contributed by atoms with E-state index in [9.17, 15) is 5.11 Å². The van der Waals surface area contributed by atoms with Gasteiger partial charge >= 0.3 is 0 Å². The largest absolute Gasteiger partial charge is 0.491 e. The van der Waals surface area contributed by atoms with E-state index in [2.05, 4.69) is 17.0 Å². The van der Waals surface area contributed by atoms with Crippen LogP contribution in [0.5, 0.6) is 5.75 Å². The number of hydrogen-bond acceptors (Lipinski definition) is 3. The van der Waals surface area contributed by atoms with Gasteiger partial charge in [-0.25, -0.2) is 0 Å². The maximum absolute atomic E-state index is 11.8. The summed E-state index contributed by atoms with van der Waals surface area (Å²) in [5, 5.41) is 11.8. The summed E-state index contributed by atoms with van der Waals surface area (Å²) in [7, 11) is 0. The Morgan fingerprint density at radius 2 is 1.62 bits per heavy atom. The maximum Gasteiger partial charge on any atom is 0.119 e. The van der Waals surface area contributed by atoms with Crippen LogP contribution in [-0.4, -0.2) is 35.7 Å². The van der Waals surface area contributed by atoms with Crippen molar-refractivity contribution in [3.8, 4) is 5.75 Å². The molecule has 146 valence electrons. The first-order valence-corrected chi connectivity index (χ1v) is 10.8. The number of nitrogens with zero attached hydrogens (tertiary/aromatic N) is 1. The van der Waals surface area contributed by atoms with Crippen LogP contribution in [-0.2, 0) is 5.60 Å². The summed E-state index contributed by atoms with van der Waals surface area (Å²) < 4.78 is 5.79. The first-order chi connectivity index (χ1) is 12.6. The number of hydrogen-bond donors (Lipinski definition) is 1. The molecule has 1 atom stereocenters. The quantitative estimate of drug-likeness (QED) is 0.733. The van der Waals surface area contributed by atoms with E-state index in [0.717, 1.165) is 37.1 Å². The fourth-order valence-corrected chi connectivity index (χ4v) is 4.77. The smallest absolute Gasteiger partial charge is 0.119 e. The van der Waals surface area contributed by atoms with Crippen molar-refractivity contribution in [1.82, 2.24) is 4.90 Å². The summed E-state index contributed by atoms with van der Waals surface area (Å²) in [5.41, 5.74) is 0.381. The summed E-state index contributed by atoms with van der Waals surface area (Å²) in [6, 6.07) is 8.26. The minimum absolute atomic E-state index is 0.178. The van der Waals surface area contributed by atoms with Crippen LogP contribution in [0, 0.1) is 5.92 Å². The molecule has 1 heterocycles. The Morgan fingerprint density at radius 1 is 1.00 bits per heavy atom. The Bertz CT molecular complexity index is 530. The van der Waals surface area contributed by atoms with Crippen LogP contribution >= 0.6 is 0 Å². The van der Waals surface area contributed by atoms with Gasteiger partial charge in [-0.3, -0.25) is 0 Å². The van der Waals surface area contributed by atoms with E-state index < -0.39 is 5.60 Å². The third-order valence-electron chi connectivity index (χ3n) is 6.26. The van der Waals surface area contributed by atoms with E-state index in [1.54, 1.807) is 0 Å². The van der Waals surface area contributed by atoms with Crippen molar-refractivity contribution < 1.29 is 9.84 Å². The van der Waals surface area contributed by atoms with Crippen molar-refractivity contribution in [3.63, 3.8) is 0 Å². The molecule has 1 aliphatic heterocycles. The van der Waals surface area contributed by atoms with Gasteiger partial charge in [0.05, 0.1) is 11.7 Å². The van der Waals surface area contributed by atoms with Crippen LogP contribution in [0.4, 0.5) is 0 Å². The fourth-order valence-electron chi connectivity index (χ4n) is 4.77. The molecule has 1 aliphatic carbocycles. The average Bonchev–Trinajstić information content (AvgIpc) is 2.68. The highest BCUT2D eigenvalue weighted by molar-refractivity contribution is 5.31. The van der Waals surface area contributed by atoms with E-state index in [4.69, 9.17) is 4.74 Å². The lowest BCUT2D eigenvalue weighted by molar-refractivity contribution is -0.0529. The number of ether oxygens (including phenoxy) is 1. The summed E-state index contributed by atoms with van der Waals surface area (Å²) in [6.45, 7) is 7.50. The van der Waals surface area contributed by atoms with Crippen LogP contribution in [0.25, 0.3) is 0 Å². The van der Waals surface area contributed by atoms with E-state index in [1.165, 1.54) is 51.6 Å². The number of likely N-dealkylation sites (tertiary alicyclic amines) is 1. The van der Waals surface area contributed by atoms with Crippen molar-refractivity contribution in [1.29, 1.82) is 0 Å². The molecule has 26 heavy (non-hydrogen) atoms. The number of piperidine rings is 1. The van der Waals surface area contributed by atoms with Gasteiger partial charge in [-0.1, -0.05) is 37.8 Å². The topological polar surface area (TPSA) is 32.7 Å². The van der Waals surface area contributed by atoms with Gasteiger partial charge in [0, 0.05) is 6.54 Å². The molecule has 3 rings (SSSR count). The Balaban J connectivity index is 1.74. The maximum atomic E-state index is 11.8. The minimum Gasteiger partial charge on any atom is -0.491 e. The highest BCUT2D eigenvalue weighted by atomic mass is 16.5. The third kappa shape index (κ3) is 5.01. The monoisotopic (exact) mass is 359 g/mol. The molecule has 1 saturated heterocycles. The molecular formula is C23H37NO2. The second-order valence-corrected chi connectivity index (χ2v) is 8.60. The Labute approximate surface area is 159 Å². The molecule has 1 saturated carbocycles. The van der Waals surface area contributed by atoms with Gasteiger partial charge in [-0.15, -0.1) is 0 Å². The Kier molecular flexibility index (Phi) is 6.99. The molecule has 3 heteroatoms. The molecule has 2 aliphatic rings. The van der Waals surface area contributed by atoms with Crippen LogP contribution in [0.2, 0.25) is 0 Å². The SMILES string of the molecule is CC(C)Oc1ccc([C@@](O)(CCN2CCCCC2)C2CCCCC2)cc1. The summed E-state index contributed by atoms with van der Waals surface area (Å²) in [4.78, 5) is 2.55. The molecule has 0 spiro atoms. The fraction of sp³-hybridized carbons (Fsp3) is 0.739. The lowest BCUT2D eigenvalue weighted by atomic mass is 9.71. The van der Waals surface area contributed by atoms with Crippen LogP contribution in [0.1, 0.15) is 77.2 Å². The van der Waals surface area contributed by atoms with Crippen LogP contribution in [0.3, 0.4) is 0 Å². The molecule has 1 aromatic rings. The molecule has 0 amide bonds. The predicted octanol–water partition coefficient (Wildman–Crippen LogP) is 5.12. The molecule has 2 fully saturated rings. The molecule has 0 aromatic heterocycles. The van der Waals surface area contributed by atoms with E-state index >= 15 is 0 Å². The number of aliphatic hydroxyl groups is 1. The van der Waals surface area contributed by atoms with Crippen molar-refractivity contribution in [3.05, 3.63) is 29.8 Å². The molecule has 0 unspecified atom stereocenters. The predicted molar refractivity (Wildman–Crippen MR) is 108 cm³/mol. The summed E-state index contributed by atoms with van der Waals surface area (Å²) in [5.74, 6) is 1.28. The second-order valence-electron chi connectivity index (χ2n) is 8.60. The molecule has 0 radical (unpaired) electrons. The average molecular weight is 360 g/mol. The van der Waals surface area contributed by atoms with Gasteiger partial charge in [0.25, 0.3) is 0 Å². The summed E-state index contributed by atoms with van der Waals surface area (Å²) in [6.07, 6.45) is 11.1. The van der Waals surface area contributed by atoms with E-state index in [0.29, 0.717) is 5.92 Å². The lowest BCUT2D eigenvalue weighted by Gasteiger charge is -2.41. The van der Waals surface area contributed by atoms with Gasteiger partial charge in [0.15, 0.2) is 0 Å². The molecule has 1 aromatic carbocycles. The Hall–Kier alpha value is -1.06. The van der Waals surface area contributed by atoms with E-state index in [1.807, 2.05) is 26.0 Å². The number of benzene rings is 1. The first kappa shape index (κ1) is 19.7. The normalized spacial score (nSPS) is 22.3. The van der Waals surface area contributed by atoms with E-state index in [-0.39, 0.29) is 6.10 Å². The molecule has 0 bridgehead atoms. The lowest BCUT2D eigenvalue weighted by Crippen LogP contribution is -2.41. The van der Waals surface area contributed by atoms with Gasteiger partial charge in [0.2, 0.25) is 0 Å². The van der Waals surface area contributed by atoms with Gasteiger partial charge in [0.1, 0.15) is 5.75 Å². The first-order valence-electron chi connectivity index (χ1n) is 10.8. The van der Waals surface area contributed by atoms with Gasteiger partial charge in [-0.05, 0) is 82.7 Å². The standard InChI is InChI=1S/C23H37NO2/c1-19(2)26-22-13-11-21(12-14-22)23(25,20-9-5-3-6-10-20)15-18-24-16-7-4-8-17-24/h11-14,19-20,25H,3-10,15-18H2,1-2H3/t23-/m1/s1. The highest BCUT2D eigenvalue weighted by Crippen LogP contribution is 2.42. The molecule has 3 nitrogen and oxygen atoms in total. The summed E-state index contributed by atoms with van der Waals surface area (Å²) >= 11 is 0. The Morgan fingerprint density at radius 3 is 2.23 bits per heavy atom.